The van der Waals surface area contributed by atoms with E-state index < -0.39 is 0 Å². The minimum Gasteiger partial charge on any atom is -0.344 e. The van der Waals surface area contributed by atoms with Gasteiger partial charge in [-0.3, -0.25) is 0 Å². The number of hydrogen-bond acceptors (Lipinski definition) is 2. The number of nitrogens with one attached hydrogen (secondary N) is 1. The lowest BCUT2D eigenvalue weighted by atomic mass is 10.1. The molecule has 0 atom stereocenters. The third-order valence-corrected chi connectivity index (χ3v) is 3.44. The molecule has 1 aliphatic rings. The molecule has 0 radical (unpaired) electrons. The minimum absolute atomic E-state index is 0.188. The highest BCUT2D eigenvalue weighted by Gasteiger charge is 2.43. The second kappa shape index (κ2) is 3.44. The van der Waals surface area contributed by atoms with Crippen molar-refractivity contribution in [1.29, 1.82) is 0 Å². The van der Waals surface area contributed by atoms with Crippen molar-refractivity contribution in [2.24, 2.45) is 5.73 Å². The lowest BCUT2D eigenvalue weighted by Gasteiger charge is -2.02. The summed E-state index contributed by atoms with van der Waals surface area (Å²) in [6, 6.07) is 8.41. The molecule has 1 fully saturated rings. The highest BCUT2D eigenvalue weighted by atomic mass is 15.0. The van der Waals surface area contributed by atoms with Gasteiger partial charge in [0.1, 0.15) is 5.82 Å². The maximum absolute atomic E-state index is 6.16. The number of H-pyrrole nitrogens is 1. The number of hydrogen-bond donors (Lipinski definition) is 2. The molecule has 1 aromatic heterocycles. The van der Waals surface area contributed by atoms with Crippen molar-refractivity contribution in [3.8, 4) is 11.3 Å². The SMILES string of the molecule is Cc1cccc(-c2nc(C3(N)CC3)[nH]c2C)c1. The number of nitrogens with two attached hydrogens (primary N) is 1. The second-order valence-corrected chi connectivity index (χ2v) is 5.08. The van der Waals surface area contributed by atoms with E-state index in [0.717, 1.165) is 35.6 Å². The van der Waals surface area contributed by atoms with Crippen LogP contribution in [0.3, 0.4) is 0 Å². The molecule has 3 N–H and O–H groups in total. The summed E-state index contributed by atoms with van der Waals surface area (Å²) < 4.78 is 0. The van der Waals surface area contributed by atoms with Gasteiger partial charge in [0.05, 0.1) is 11.2 Å². The van der Waals surface area contributed by atoms with Crippen molar-refractivity contribution in [2.45, 2.75) is 32.2 Å². The Bertz CT molecular complexity index is 565. The molecule has 0 amide bonds. The van der Waals surface area contributed by atoms with Crippen LogP contribution in [0.25, 0.3) is 11.3 Å². The molecule has 0 aliphatic heterocycles. The lowest BCUT2D eigenvalue weighted by molar-refractivity contribution is 0.684. The molecular formula is C14H17N3. The van der Waals surface area contributed by atoms with Crippen LogP contribution >= 0.6 is 0 Å². The lowest BCUT2D eigenvalue weighted by Crippen LogP contribution is -2.20. The first-order valence-electron chi connectivity index (χ1n) is 6.01. The van der Waals surface area contributed by atoms with E-state index in [0.29, 0.717) is 0 Å². The maximum Gasteiger partial charge on any atom is 0.127 e. The topological polar surface area (TPSA) is 54.7 Å². The van der Waals surface area contributed by atoms with E-state index in [1.165, 1.54) is 5.56 Å². The van der Waals surface area contributed by atoms with Gasteiger partial charge in [-0.2, -0.15) is 0 Å². The highest BCUT2D eigenvalue weighted by molar-refractivity contribution is 5.63. The molecule has 1 saturated carbocycles. The smallest absolute Gasteiger partial charge is 0.127 e. The molecule has 3 nitrogen and oxygen atoms in total. The summed E-state index contributed by atoms with van der Waals surface area (Å²) in [5, 5.41) is 0. The van der Waals surface area contributed by atoms with Gasteiger partial charge in [-0.25, -0.2) is 4.98 Å². The van der Waals surface area contributed by atoms with Gasteiger partial charge in [-0.05, 0) is 32.8 Å². The monoisotopic (exact) mass is 227 g/mol. The summed E-state index contributed by atoms with van der Waals surface area (Å²) in [4.78, 5) is 8.00. The van der Waals surface area contributed by atoms with Crippen LogP contribution in [0, 0.1) is 13.8 Å². The fraction of sp³-hybridized carbons (Fsp3) is 0.357. The molecule has 3 heteroatoms. The number of rotatable bonds is 2. The summed E-state index contributed by atoms with van der Waals surface area (Å²) >= 11 is 0. The first-order valence-corrected chi connectivity index (χ1v) is 6.01. The molecule has 1 aromatic carbocycles. The molecule has 1 heterocycles. The largest absolute Gasteiger partial charge is 0.344 e. The number of imidazole rings is 1. The average Bonchev–Trinajstić information content (AvgIpc) is 2.90. The molecule has 0 unspecified atom stereocenters. The molecule has 3 rings (SSSR count). The first-order chi connectivity index (χ1) is 8.08. The predicted molar refractivity (Wildman–Crippen MR) is 68.6 cm³/mol. The Balaban J connectivity index is 2.06. The molecular weight excluding hydrogens is 210 g/mol. The van der Waals surface area contributed by atoms with Crippen LogP contribution in [0.4, 0.5) is 0 Å². The number of aryl methyl sites for hydroxylation is 2. The maximum atomic E-state index is 6.16. The van der Waals surface area contributed by atoms with Crippen molar-refractivity contribution in [1.82, 2.24) is 9.97 Å². The fourth-order valence-corrected chi connectivity index (χ4v) is 2.14. The van der Waals surface area contributed by atoms with Crippen LogP contribution in [0.2, 0.25) is 0 Å². The molecule has 0 bridgehead atoms. The van der Waals surface area contributed by atoms with E-state index >= 15 is 0 Å². The fourth-order valence-electron chi connectivity index (χ4n) is 2.14. The molecule has 0 spiro atoms. The van der Waals surface area contributed by atoms with Crippen LogP contribution in [-0.2, 0) is 5.54 Å². The van der Waals surface area contributed by atoms with Gasteiger partial charge in [0.15, 0.2) is 0 Å². The quantitative estimate of drug-likeness (QED) is 0.828. The van der Waals surface area contributed by atoms with Crippen molar-refractivity contribution in [3.05, 3.63) is 41.3 Å². The van der Waals surface area contributed by atoms with E-state index in [9.17, 15) is 0 Å². The summed E-state index contributed by atoms with van der Waals surface area (Å²) in [7, 11) is 0. The minimum atomic E-state index is -0.188. The Morgan fingerprint density at radius 2 is 2.06 bits per heavy atom. The Hall–Kier alpha value is -1.61. The Morgan fingerprint density at radius 1 is 1.29 bits per heavy atom. The van der Waals surface area contributed by atoms with Crippen LogP contribution < -0.4 is 5.73 Å². The van der Waals surface area contributed by atoms with Crippen molar-refractivity contribution in [2.75, 3.05) is 0 Å². The van der Waals surface area contributed by atoms with E-state index in [2.05, 4.69) is 48.1 Å². The second-order valence-electron chi connectivity index (χ2n) is 5.08. The van der Waals surface area contributed by atoms with Crippen LogP contribution in [-0.4, -0.2) is 9.97 Å². The zero-order valence-corrected chi connectivity index (χ0v) is 10.2. The number of aromatic amines is 1. The molecule has 0 saturated heterocycles. The molecule has 2 aromatic rings. The van der Waals surface area contributed by atoms with E-state index in [1.54, 1.807) is 0 Å². The van der Waals surface area contributed by atoms with Crippen LogP contribution in [0.5, 0.6) is 0 Å². The summed E-state index contributed by atoms with van der Waals surface area (Å²) in [5.41, 5.74) is 10.5. The summed E-state index contributed by atoms with van der Waals surface area (Å²) in [6.45, 7) is 4.15. The van der Waals surface area contributed by atoms with Gasteiger partial charge in [0.25, 0.3) is 0 Å². The van der Waals surface area contributed by atoms with Crippen LogP contribution in [0.1, 0.15) is 29.9 Å². The zero-order valence-electron chi connectivity index (χ0n) is 10.2. The van der Waals surface area contributed by atoms with E-state index in [1.807, 2.05) is 0 Å². The van der Waals surface area contributed by atoms with Gasteiger partial charge in [0.2, 0.25) is 0 Å². The van der Waals surface area contributed by atoms with E-state index in [-0.39, 0.29) is 5.54 Å². The normalized spacial score (nSPS) is 17.1. The van der Waals surface area contributed by atoms with Crippen LogP contribution in [0.15, 0.2) is 24.3 Å². The Kier molecular flexibility index (Phi) is 2.13. The van der Waals surface area contributed by atoms with Gasteiger partial charge in [0, 0.05) is 11.3 Å². The standard InChI is InChI=1S/C14H17N3/c1-9-4-3-5-11(8-9)12-10(2)16-13(17-12)14(15)6-7-14/h3-5,8H,6-7,15H2,1-2H3,(H,16,17). The molecule has 1 aliphatic carbocycles. The highest BCUT2D eigenvalue weighted by Crippen LogP contribution is 2.42. The summed E-state index contributed by atoms with van der Waals surface area (Å²) in [5.74, 6) is 0.937. The predicted octanol–water partition coefficient (Wildman–Crippen LogP) is 2.64. The average molecular weight is 227 g/mol. The van der Waals surface area contributed by atoms with Crippen molar-refractivity contribution in [3.63, 3.8) is 0 Å². The molecule has 88 valence electrons. The van der Waals surface area contributed by atoms with Crippen molar-refractivity contribution < 1.29 is 0 Å². The number of nitrogens with zero attached hydrogens (tertiary/aromatic N) is 1. The first kappa shape index (κ1) is 10.5. The molecule has 17 heavy (non-hydrogen) atoms. The van der Waals surface area contributed by atoms with Gasteiger partial charge in [-0.1, -0.05) is 23.8 Å². The zero-order chi connectivity index (χ0) is 12.0. The van der Waals surface area contributed by atoms with Gasteiger partial charge in [-0.15, -0.1) is 0 Å². The van der Waals surface area contributed by atoms with Gasteiger partial charge < -0.3 is 10.7 Å². The number of benzene rings is 1. The van der Waals surface area contributed by atoms with E-state index in [4.69, 9.17) is 5.73 Å². The summed E-state index contributed by atoms with van der Waals surface area (Å²) in [6.07, 6.45) is 2.07. The third kappa shape index (κ3) is 1.76. The third-order valence-electron chi connectivity index (χ3n) is 3.44. The number of aromatic nitrogens is 2. The Labute approximate surface area is 101 Å². The van der Waals surface area contributed by atoms with Gasteiger partial charge >= 0.3 is 0 Å². The van der Waals surface area contributed by atoms with Crippen molar-refractivity contribution >= 4 is 0 Å². The Morgan fingerprint density at radius 3 is 2.71 bits per heavy atom.